The third kappa shape index (κ3) is 3.88. The highest BCUT2D eigenvalue weighted by atomic mass is 79.9. The smallest absolute Gasteiger partial charge is 0.296 e. The van der Waals surface area contributed by atoms with Crippen LogP contribution in [-0.4, -0.2) is 33.8 Å². The fourth-order valence-electron chi connectivity index (χ4n) is 3.62. The number of carbonyl (C=O) groups is 2. The van der Waals surface area contributed by atoms with Crippen LogP contribution in [0.1, 0.15) is 27.7 Å². The van der Waals surface area contributed by atoms with Crippen molar-refractivity contribution in [1.82, 2.24) is 9.88 Å². The van der Waals surface area contributed by atoms with Crippen LogP contribution in [0, 0.1) is 6.92 Å². The number of hydrogen-bond acceptors (Lipinski definition) is 6. The number of nitrogens with zero attached hydrogens (tertiary/aromatic N) is 2. The van der Waals surface area contributed by atoms with Crippen LogP contribution in [0.25, 0.3) is 5.76 Å². The zero-order valence-corrected chi connectivity index (χ0v) is 19.2. The van der Waals surface area contributed by atoms with Gasteiger partial charge in [0, 0.05) is 16.6 Å². The largest absolute Gasteiger partial charge is 0.507 e. The minimum absolute atomic E-state index is 0.0727. The first kappa shape index (κ1) is 21.3. The molecule has 0 radical (unpaired) electrons. The Labute approximate surface area is 191 Å². The molecule has 1 amide bonds. The van der Waals surface area contributed by atoms with Crippen LogP contribution in [0.4, 0.5) is 0 Å². The minimum atomic E-state index is -0.710. The first-order valence-electron chi connectivity index (χ1n) is 9.48. The van der Waals surface area contributed by atoms with Crippen molar-refractivity contribution in [3.05, 3.63) is 85.8 Å². The van der Waals surface area contributed by atoms with Gasteiger partial charge >= 0.3 is 0 Å². The van der Waals surface area contributed by atoms with Crippen LogP contribution in [0.5, 0.6) is 5.75 Å². The van der Waals surface area contributed by atoms with Gasteiger partial charge in [0.05, 0.1) is 29.4 Å². The van der Waals surface area contributed by atoms with Gasteiger partial charge in [0.2, 0.25) is 0 Å². The van der Waals surface area contributed by atoms with Gasteiger partial charge in [-0.1, -0.05) is 6.07 Å². The number of methoxy groups -OCH3 is 1. The van der Waals surface area contributed by atoms with E-state index in [1.807, 2.05) is 24.4 Å². The van der Waals surface area contributed by atoms with Crippen molar-refractivity contribution in [3.8, 4) is 5.75 Å². The number of rotatable bonds is 5. The number of carbonyl (C=O) groups excluding carboxylic acids is 2. The number of thiophene rings is 1. The molecule has 1 aliphatic rings. The van der Waals surface area contributed by atoms with Crippen LogP contribution < -0.4 is 4.74 Å². The number of amides is 1. The Morgan fingerprint density at radius 1 is 1.26 bits per heavy atom. The summed E-state index contributed by atoms with van der Waals surface area (Å²) < 4.78 is 5.87. The number of pyridine rings is 1. The summed E-state index contributed by atoms with van der Waals surface area (Å²) in [7, 11) is 1.54. The number of aliphatic hydroxyl groups is 1. The van der Waals surface area contributed by atoms with Gasteiger partial charge in [0.15, 0.2) is 0 Å². The third-order valence-corrected chi connectivity index (χ3v) is 6.86. The van der Waals surface area contributed by atoms with Gasteiger partial charge in [0.1, 0.15) is 17.6 Å². The molecule has 3 aromatic rings. The standard InChI is InChI=1S/C23H19BrN2O4S/c1-13-8-10-31-22(13)19-18(20(27)14-6-7-17(30-2)16(24)11-14)21(28)23(29)26(19)12-15-5-3-4-9-25-15/h3-11,19,27H,12H2,1-2H3/b20-18-. The van der Waals surface area contributed by atoms with Gasteiger partial charge in [-0.2, -0.15) is 0 Å². The van der Waals surface area contributed by atoms with Crippen molar-refractivity contribution in [2.45, 2.75) is 19.5 Å². The van der Waals surface area contributed by atoms with Crippen LogP contribution >= 0.6 is 27.3 Å². The predicted molar refractivity (Wildman–Crippen MR) is 122 cm³/mol. The number of benzene rings is 1. The van der Waals surface area contributed by atoms with Crippen molar-refractivity contribution in [1.29, 1.82) is 0 Å². The van der Waals surface area contributed by atoms with Crippen LogP contribution in [0.2, 0.25) is 0 Å². The monoisotopic (exact) mass is 498 g/mol. The lowest BCUT2D eigenvalue weighted by Gasteiger charge is -2.24. The molecule has 0 saturated carbocycles. The molecule has 31 heavy (non-hydrogen) atoms. The molecule has 4 rings (SSSR count). The van der Waals surface area contributed by atoms with Crippen molar-refractivity contribution >= 4 is 44.7 Å². The number of hydrogen-bond donors (Lipinski definition) is 1. The lowest BCUT2D eigenvalue weighted by Crippen LogP contribution is -2.29. The maximum absolute atomic E-state index is 13.1. The van der Waals surface area contributed by atoms with E-state index in [0.29, 0.717) is 21.5 Å². The molecule has 1 N–H and O–H groups in total. The van der Waals surface area contributed by atoms with Crippen molar-refractivity contribution < 1.29 is 19.4 Å². The molecule has 1 atom stereocenters. The summed E-state index contributed by atoms with van der Waals surface area (Å²) in [5.41, 5.74) is 2.10. The molecule has 8 heteroatoms. The van der Waals surface area contributed by atoms with Gasteiger partial charge in [-0.25, -0.2) is 0 Å². The van der Waals surface area contributed by atoms with Crippen LogP contribution in [0.15, 0.2) is 64.1 Å². The molecule has 0 aliphatic carbocycles. The van der Waals surface area contributed by atoms with E-state index in [0.717, 1.165) is 10.4 Å². The van der Waals surface area contributed by atoms with Crippen LogP contribution in [-0.2, 0) is 16.1 Å². The number of aromatic nitrogens is 1. The molecule has 0 spiro atoms. The molecule has 6 nitrogen and oxygen atoms in total. The van der Waals surface area contributed by atoms with Gasteiger partial charge in [-0.05, 0) is 70.2 Å². The quantitative estimate of drug-likeness (QED) is 0.309. The number of halogens is 1. The molecule has 1 aliphatic heterocycles. The summed E-state index contributed by atoms with van der Waals surface area (Å²) in [6, 6.07) is 11.7. The highest BCUT2D eigenvalue weighted by molar-refractivity contribution is 9.10. The van der Waals surface area contributed by atoms with E-state index in [1.165, 1.54) is 16.2 Å². The summed E-state index contributed by atoms with van der Waals surface area (Å²) in [6.45, 7) is 2.09. The first-order valence-corrected chi connectivity index (χ1v) is 11.2. The fourth-order valence-corrected chi connectivity index (χ4v) is 5.20. The van der Waals surface area contributed by atoms with E-state index >= 15 is 0 Å². The lowest BCUT2D eigenvalue weighted by molar-refractivity contribution is -0.140. The molecule has 1 saturated heterocycles. The summed E-state index contributed by atoms with van der Waals surface area (Å²) in [4.78, 5) is 32.7. The zero-order valence-electron chi connectivity index (χ0n) is 16.8. The number of aliphatic hydroxyl groups excluding tert-OH is 1. The maximum Gasteiger partial charge on any atom is 0.296 e. The summed E-state index contributed by atoms with van der Waals surface area (Å²) >= 11 is 4.86. The summed E-state index contributed by atoms with van der Waals surface area (Å²) in [5.74, 6) is -0.989. The van der Waals surface area contributed by atoms with Gasteiger partial charge < -0.3 is 14.7 Å². The second kappa shape index (κ2) is 8.64. The Morgan fingerprint density at radius 3 is 2.68 bits per heavy atom. The molecule has 158 valence electrons. The lowest BCUT2D eigenvalue weighted by atomic mass is 9.98. The van der Waals surface area contributed by atoms with E-state index in [1.54, 1.807) is 43.6 Å². The third-order valence-electron chi connectivity index (χ3n) is 5.17. The first-order chi connectivity index (χ1) is 14.9. The Hall–Kier alpha value is -2.97. The van der Waals surface area contributed by atoms with E-state index in [-0.39, 0.29) is 17.9 Å². The molecule has 1 fully saturated rings. The van der Waals surface area contributed by atoms with Gasteiger partial charge in [0.25, 0.3) is 11.7 Å². The van der Waals surface area contributed by atoms with E-state index in [9.17, 15) is 14.7 Å². The molecule has 1 unspecified atom stereocenters. The maximum atomic E-state index is 13.1. The second-order valence-corrected chi connectivity index (χ2v) is 8.87. The number of ether oxygens (including phenoxy) is 1. The van der Waals surface area contributed by atoms with Gasteiger partial charge in [-0.3, -0.25) is 14.6 Å². The average Bonchev–Trinajstić information content (AvgIpc) is 3.29. The summed E-state index contributed by atoms with van der Waals surface area (Å²) in [5, 5.41) is 13.1. The van der Waals surface area contributed by atoms with Gasteiger partial charge in [-0.15, -0.1) is 11.3 Å². The predicted octanol–water partition coefficient (Wildman–Crippen LogP) is 4.84. The second-order valence-electron chi connectivity index (χ2n) is 7.07. The summed E-state index contributed by atoms with van der Waals surface area (Å²) in [6.07, 6.45) is 1.65. The van der Waals surface area contributed by atoms with E-state index < -0.39 is 17.7 Å². The fraction of sp³-hybridized carbons (Fsp3) is 0.174. The number of likely N-dealkylation sites (tertiary alicyclic amines) is 1. The number of Topliss-reactive ketones (excluding diaryl/α,β-unsaturated/α-hetero) is 1. The minimum Gasteiger partial charge on any atom is -0.507 e. The van der Waals surface area contributed by atoms with Crippen molar-refractivity contribution in [3.63, 3.8) is 0 Å². The van der Waals surface area contributed by atoms with Crippen molar-refractivity contribution in [2.75, 3.05) is 7.11 Å². The number of ketones is 1. The average molecular weight is 499 g/mol. The molecular formula is C23H19BrN2O4S. The Kier molecular flexibility index (Phi) is 5.93. The molecule has 3 heterocycles. The molecular weight excluding hydrogens is 480 g/mol. The molecule has 2 aromatic heterocycles. The Morgan fingerprint density at radius 2 is 2.06 bits per heavy atom. The van der Waals surface area contributed by atoms with E-state index in [4.69, 9.17) is 4.74 Å². The Bertz CT molecular complexity index is 1190. The zero-order chi connectivity index (χ0) is 22.1. The van der Waals surface area contributed by atoms with Crippen LogP contribution in [0.3, 0.4) is 0 Å². The normalized spacial score (nSPS) is 17.9. The molecule has 1 aromatic carbocycles. The Balaban J connectivity index is 1.86. The number of aryl methyl sites for hydroxylation is 1. The molecule has 0 bridgehead atoms. The highest BCUT2D eigenvalue weighted by Gasteiger charge is 2.47. The van der Waals surface area contributed by atoms with E-state index in [2.05, 4.69) is 20.9 Å². The topological polar surface area (TPSA) is 79.7 Å². The SMILES string of the molecule is COc1ccc(/C(O)=C2/C(=O)C(=O)N(Cc3ccccn3)C2c2sccc2C)cc1Br. The highest BCUT2D eigenvalue weighted by Crippen LogP contribution is 2.43. The van der Waals surface area contributed by atoms with Crippen molar-refractivity contribution in [2.24, 2.45) is 0 Å².